The van der Waals surface area contributed by atoms with Gasteiger partial charge >= 0.3 is 0 Å². The second-order valence-corrected chi connectivity index (χ2v) is 5.43. The second-order valence-electron chi connectivity index (χ2n) is 5.43. The molecule has 2 unspecified atom stereocenters. The standard InChI is InChI=1S/C16H25NO2/c1-14(18)13-15-7-5-10-17(15)11-6-12-19-16-8-3-2-4-9-16/h2-4,8-9,14-15,18H,5-7,10-13H2,1H3. The van der Waals surface area contributed by atoms with Gasteiger partial charge in [0.05, 0.1) is 12.7 Å². The number of para-hydroxylation sites is 1. The van der Waals surface area contributed by atoms with E-state index in [0.29, 0.717) is 6.04 Å². The highest BCUT2D eigenvalue weighted by Crippen LogP contribution is 2.21. The van der Waals surface area contributed by atoms with Crippen molar-refractivity contribution in [3.05, 3.63) is 30.3 Å². The molecule has 1 aliphatic rings. The van der Waals surface area contributed by atoms with Crippen molar-refractivity contribution in [2.75, 3.05) is 19.7 Å². The van der Waals surface area contributed by atoms with Crippen molar-refractivity contribution in [2.45, 2.75) is 44.8 Å². The van der Waals surface area contributed by atoms with E-state index >= 15 is 0 Å². The molecule has 3 nitrogen and oxygen atoms in total. The molecular weight excluding hydrogens is 238 g/mol. The minimum atomic E-state index is -0.189. The van der Waals surface area contributed by atoms with Crippen molar-refractivity contribution in [2.24, 2.45) is 0 Å². The Morgan fingerprint density at radius 3 is 2.89 bits per heavy atom. The van der Waals surface area contributed by atoms with Crippen molar-refractivity contribution in [1.82, 2.24) is 4.90 Å². The summed E-state index contributed by atoms with van der Waals surface area (Å²) in [5.41, 5.74) is 0. The third-order valence-corrected chi connectivity index (χ3v) is 3.71. The van der Waals surface area contributed by atoms with Crippen LogP contribution in [0.4, 0.5) is 0 Å². The van der Waals surface area contributed by atoms with E-state index in [-0.39, 0.29) is 6.10 Å². The Balaban J connectivity index is 1.65. The fourth-order valence-electron chi connectivity index (χ4n) is 2.82. The molecule has 1 N–H and O–H groups in total. The molecule has 0 bridgehead atoms. The molecule has 2 atom stereocenters. The average Bonchev–Trinajstić information content (AvgIpc) is 2.82. The van der Waals surface area contributed by atoms with E-state index in [1.165, 1.54) is 19.4 Å². The van der Waals surface area contributed by atoms with Crippen molar-refractivity contribution in [1.29, 1.82) is 0 Å². The molecular formula is C16H25NO2. The smallest absolute Gasteiger partial charge is 0.119 e. The molecule has 19 heavy (non-hydrogen) atoms. The summed E-state index contributed by atoms with van der Waals surface area (Å²) in [4.78, 5) is 2.50. The molecule has 0 spiro atoms. The third-order valence-electron chi connectivity index (χ3n) is 3.71. The Kier molecular flexibility index (Phi) is 5.67. The molecule has 0 aliphatic carbocycles. The number of aliphatic hydroxyl groups is 1. The average molecular weight is 263 g/mol. The third kappa shape index (κ3) is 4.84. The van der Waals surface area contributed by atoms with Gasteiger partial charge in [-0.25, -0.2) is 0 Å². The monoisotopic (exact) mass is 263 g/mol. The van der Waals surface area contributed by atoms with Gasteiger partial charge in [-0.2, -0.15) is 0 Å². The SMILES string of the molecule is CC(O)CC1CCCN1CCCOc1ccccc1. The molecule has 1 fully saturated rings. The Hall–Kier alpha value is -1.06. The van der Waals surface area contributed by atoms with Crippen molar-refractivity contribution in [3.8, 4) is 5.75 Å². The zero-order valence-corrected chi connectivity index (χ0v) is 11.8. The summed E-state index contributed by atoms with van der Waals surface area (Å²) in [5.74, 6) is 0.949. The zero-order chi connectivity index (χ0) is 13.5. The molecule has 0 saturated carbocycles. The molecule has 0 amide bonds. The number of likely N-dealkylation sites (tertiary alicyclic amines) is 1. The van der Waals surface area contributed by atoms with Crippen LogP contribution >= 0.6 is 0 Å². The maximum atomic E-state index is 9.50. The lowest BCUT2D eigenvalue weighted by Gasteiger charge is -2.25. The first-order valence-electron chi connectivity index (χ1n) is 7.35. The van der Waals surface area contributed by atoms with Gasteiger partial charge in [0, 0.05) is 12.6 Å². The van der Waals surface area contributed by atoms with E-state index in [9.17, 15) is 5.11 Å². The predicted molar refractivity (Wildman–Crippen MR) is 77.4 cm³/mol. The number of hydrogen-bond acceptors (Lipinski definition) is 3. The van der Waals surface area contributed by atoms with Gasteiger partial charge in [0.15, 0.2) is 0 Å². The van der Waals surface area contributed by atoms with E-state index < -0.39 is 0 Å². The van der Waals surface area contributed by atoms with E-state index in [4.69, 9.17) is 4.74 Å². The molecule has 1 saturated heterocycles. The number of hydrogen-bond donors (Lipinski definition) is 1. The van der Waals surface area contributed by atoms with Crippen LogP contribution in [-0.4, -0.2) is 41.8 Å². The molecule has 0 aromatic heterocycles. The number of aliphatic hydroxyl groups excluding tert-OH is 1. The van der Waals surface area contributed by atoms with E-state index in [1.54, 1.807) is 0 Å². The topological polar surface area (TPSA) is 32.7 Å². The second kappa shape index (κ2) is 7.51. The summed E-state index contributed by atoms with van der Waals surface area (Å²) in [6.45, 7) is 4.89. The largest absolute Gasteiger partial charge is 0.494 e. The lowest BCUT2D eigenvalue weighted by atomic mass is 10.1. The summed E-state index contributed by atoms with van der Waals surface area (Å²) < 4.78 is 5.71. The van der Waals surface area contributed by atoms with E-state index in [0.717, 1.165) is 31.7 Å². The summed E-state index contributed by atoms with van der Waals surface area (Å²) in [6, 6.07) is 10.5. The van der Waals surface area contributed by atoms with Gasteiger partial charge < -0.3 is 14.7 Å². The first-order chi connectivity index (χ1) is 9.25. The molecule has 106 valence electrons. The summed E-state index contributed by atoms with van der Waals surface area (Å²) in [7, 11) is 0. The van der Waals surface area contributed by atoms with Crippen molar-refractivity contribution >= 4 is 0 Å². The highest BCUT2D eigenvalue weighted by Gasteiger charge is 2.24. The highest BCUT2D eigenvalue weighted by molar-refractivity contribution is 5.20. The molecule has 1 aromatic rings. The van der Waals surface area contributed by atoms with Gasteiger partial charge in [-0.3, -0.25) is 0 Å². The molecule has 0 radical (unpaired) electrons. The minimum Gasteiger partial charge on any atom is -0.494 e. The van der Waals surface area contributed by atoms with Gasteiger partial charge in [0.1, 0.15) is 5.75 Å². The summed E-state index contributed by atoms with van der Waals surface area (Å²) >= 11 is 0. The fourth-order valence-corrected chi connectivity index (χ4v) is 2.82. The lowest BCUT2D eigenvalue weighted by molar-refractivity contribution is 0.130. The molecule has 1 aliphatic heterocycles. The Morgan fingerprint density at radius 1 is 1.37 bits per heavy atom. The maximum Gasteiger partial charge on any atom is 0.119 e. The lowest BCUT2D eigenvalue weighted by Crippen LogP contribution is -2.33. The highest BCUT2D eigenvalue weighted by atomic mass is 16.5. The molecule has 3 heteroatoms. The summed E-state index contributed by atoms with van der Waals surface area (Å²) in [6.07, 6.45) is 4.25. The first-order valence-corrected chi connectivity index (χ1v) is 7.35. The normalized spacial score (nSPS) is 21.5. The molecule has 2 rings (SSSR count). The number of ether oxygens (including phenoxy) is 1. The minimum absolute atomic E-state index is 0.189. The van der Waals surface area contributed by atoms with Gasteiger partial charge in [-0.05, 0) is 51.3 Å². The zero-order valence-electron chi connectivity index (χ0n) is 11.8. The van der Waals surface area contributed by atoms with Crippen LogP contribution in [0.25, 0.3) is 0 Å². The van der Waals surface area contributed by atoms with Gasteiger partial charge in [0.2, 0.25) is 0 Å². The van der Waals surface area contributed by atoms with E-state index in [1.807, 2.05) is 37.3 Å². The van der Waals surface area contributed by atoms with Crippen LogP contribution in [0.2, 0.25) is 0 Å². The Morgan fingerprint density at radius 2 is 2.16 bits per heavy atom. The van der Waals surface area contributed by atoms with Crippen LogP contribution < -0.4 is 4.74 Å². The maximum absolute atomic E-state index is 9.50. The fraction of sp³-hybridized carbons (Fsp3) is 0.625. The summed E-state index contributed by atoms with van der Waals surface area (Å²) in [5, 5.41) is 9.50. The van der Waals surface area contributed by atoms with Crippen LogP contribution in [0, 0.1) is 0 Å². The number of benzene rings is 1. The van der Waals surface area contributed by atoms with Crippen LogP contribution in [0.15, 0.2) is 30.3 Å². The number of nitrogens with zero attached hydrogens (tertiary/aromatic N) is 1. The van der Waals surface area contributed by atoms with Crippen LogP contribution in [0.1, 0.15) is 32.6 Å². The van der Waals surface area contributed by atoms with Crippen molar-refractivity contribution < 1.29 is 9.84 Å². The van der Waals surface area contributed by atoms with Gasteiger partial charge in [0.25, 0.3) is 0 Å². The Bertz CT molecular complexity index is 353. The van der Waals surface area contributed by atoms with Crippen LogP contribution in [0.5, 0.6) is 5.75 Å². The number of rotatable bonds is 7. The van der Waals surface area contributed by atoms with E-state index in [2.05, 4.69) is 4.90 Å². The predicted octanol–water partition coefficient (Wildman–Crippen LogP) is 2.69. The molecule has 1 aromatic carbocycles. The molecule has 1 heterocycles. The van der Waals surface area contributed by atoms with Gasteiger partial charge in [-0.1, -0.05) is 18.2 Å². The van der Waals surface area contributed by atoms with Crippen LogP contribution in [0.3, 0.4) is 0 Å². The Labute approximate surface area is 116 Å². The quantitative estimate of drug-likeness (QED) is 0.768. The first kappa shape index (κ1) is 14.4. The van der Waals surface area contributed by atoms with Crippen LogP contribution in [-0.2, 0) is 0 Å². The van der Waals surface area contributed by atoms with Crippen molar-refractivity contribution in [3.63, 3.8) is 0 Å². The van der Waals surface area contributed by atoms with Gasteiger partial charge in [-0.15, -0.1) is 0 Å².